The third kappa shape index (κ3) is 3.52. The Labute approximate surface area is 198 Å². The molecule has 0 atom stereocenters. The lowest BCUT2D eigenvalue weighted by atomic mass is 10.1. The minimum absolute atomic E-state index is 0.0149. The summed E-state index contributed by atoms with van der Waals surface area (Å²) in [6.45, 7) is 0. The van der Waals surface area contributed by atoms with E-state index in [-0.39, 0.29) is 11.8 Å². The van der Waals surface area contributed by atoms with Gasteiger partial charge in [-0.25, -0.2) is 19.9 Å². The van der Waals surface area contributed by atoms with Crippen LogP contribution < -0.4 is 4.90 Å². The van der Waals surface area contributed by atoms with Gasteiger partial charge in [-0.15, -0.1) is 0 Å². The van der Waals surface area contributed by atoms with Gasteiger partial charge >= 0.3 is 0 Å². The van der Waals surface area contributed by atoms with Crippen LogP contribution in [0, 0.1) is 10.9 Å². The van der Waals surface area contributed by atoms with Crippen molar-refractivity contribution < 1.29 is 9.59 Å². The van der Waals surface area contributed by atoms with E-state index >= 15 is 0 Å². The molecule has 0 spiro atoms. The molecule has 2 aromatic carbocycles. The summed E-state index contributed by atoms with van der Waals surface area (Å²) < 4.78 is 1.62. The van der Waals surface area contributed by atoms with E-state index in [9.17, 15) is 9.59 Å². The van der Waals surface area contributed by atoms with E-state index < -0.39 is 11.8 Å². The number of pyridine rings is 1. The van der Waals surface area contributed by atoms with E-state index in [0.29, 0.717) is 33.2 Å². The van der Waals surface area contributed by atoms with E-state index in [0.717, 1.165) is 15.4 Å². The van der Waals surface area contributed by atoms with Gasteiger partial charge in [-0.3, -0.25) is 19.6 Å². The second-order valence-electron chi connectivity index (χ2n) is 7.43. The molecule has 10 nitrogen and oxygen atoms in total. The maximum Gasteiger partial charge on any atom is 0.267 e. The maximum absolute atomic E-state index is 12.8. The van der Waals surface area contributed by atoms with Gasteiger partial charge in [0.1, 0.15) is 5.82 Å². The normalized spacial score (nSPS) is 12.8. The van der Waals surface area contributed by atoms with Gasteiger partial charge < -0.3 is 0 Å². The second kappa shape index (κ2) is 8.52. The molecule has 2 aromatic heterocycles. The van der Waals surface area contributed by atoms with Crippen LogP contribution in [0.4, 0.5) is 5.82 Å². The summed E-state index contributed by atoms with van der Waals surface area (Å²) in [4.78, 5) is 35.9. The fourth-order valence-electron chi connectivity index (χ4n) is 3.71. The summed E-state index contributed by atoms with van der Waals surface area (Å²) in [5.74, 6) is -0.155. The molecule has 0 bridgehead atoms. The van der Waals surface area contributed by atoms with Crippen LogP contribution in [0.5, 0.6) is 0 Å². The number of hydrogen-bond donors (Lipinski definition) is 2. The molecule has 0 radical (unpaired) electrons. The number of nitrogens with zero attached hydrogens (tertiary/aromatic N) is 6. The van der Waals surface area contributed by atoms with Crippen LogP contribution in [-0.2, 0) is 5.75 Å². The van der Waals surface area contributed by atoms with Gasteiger partial charge in [0.2, 0.25) is 5.96 Å². The first-order chi connectivity index (χ1) is 16.5. The molecule has 11 heteroatoms. The molecule has 3 heterocycles. The zero-order valence-corrected chi connectivity index (χ0v) is 18.8. The summed E-state index contributed by atoms with van der Waals surface area (Å²) in [7, 11) is 1.52. The highest BCUT2D eigenvalue weighted by atomic mass is 32.2. The van der Waals surface area contributed by atoms with Gasteiger partial charge in [0.05, 0.1) is 27.9 Å². The Morgan fingerprint density at radius 3 is 2.35 bits per heavy atom. The van der Waals surface area contributed by atoms with Crippen molar-refractivity contribution in [2.45, 2.75) is 10.9 Å². The number of amides is 2. The zero-order valence-electron chi connectivity index (χ0n) is 18.0. The number of nitrogens with one attached hydrogen (secondary N) is 2. The number of hydrogen-bond acceptors (Lipinski definition) is 8. The average molecular weight is 471 g/mol. The number of para-hydroxylation sites is 2. The van der Waals surface area contributed by atoms with Crippen molar-refractivity contribution >= 4 is 46.4 Å². The molecule has 2 amide bonds. The van der Waals surface area contributed by atoms with Gasteiger partial charge in [0.15, 0.2) is 5.16 Å². The number of imidazole rings is 1. The van der Waals surface area contributed by atoms with Crippen LogP contribution in [-0.4, -0.2) is 44.4 Å². The maximum atomic E-state index is 12.8. The first kappa shape index (κ1) is 21.5. The number of carbonyl (C=O) groups excluding carboxylic acids is 2. The Morgan fingerprint density at radius 2 is 1.65 bits per heavy atom. The summed E-state index contributed by atoms with van der Waals surface area (Å²) in [6, 6.07) is 19.3. The van der Waals surface area contributed by atoms with E-state index in [1.54, 1.807) is 47.0 Å². The Hall–Kier alpha value is -4.38. The number of rotatable bonds is 5. The van der Waals surface area contributed by atoms with Gasteiger partial charge in [-0.1, -0.05) is 47.3 Å². The van der Waals surface area contributed by atoms with E-state index in [1.165, 1.54) is 18.8 Å². The predicted octanol–water partition coefficient (Wildman–Crippen LogP) is 4.18. The molecule has 0 aliphatic carbocycles. The Kier molecular flexibility index (Phi) is 5.38. The van der Waals surface area contributed by atoms with Gasteiger partial charge in [0.25, 0.3) is 11.8 Å². The molecule has 1 aliphatic rings. The van der Waals surface area contributed by atoms with Crippen LogP contribution in [0.15, 0.2) is 77.1 Å². The third-order valence-electron chi connectivity index (χ3n) is 5.36. The van der Waals surface area contributed by atoms with Crippen molar-refractivity contribution in [3.05, 3.63) is 83.6 Å². The number of aromatic nitrogens is 3. The molecule has 5 rings (SSSR count). The van der Waals surface area contributed by atoms with E-state index in [2.05, 4.69) is 15.2 Å². The summed E-state index contributed by atoms with van der Waals surface area (Å²) in [6.07, 6.45) is 0. The van der Waals surface area contributed by atoms with Crippen LogP contribution in [0.3, 0.4) is 0 Å². The molecule has 4 aromatic rings. The Bertz CT molecular complexity index is 1450. The van der Waals surface area contributed by atoms with Crippen molar-refractivity contribution in [2.24, 2.45) is 5.22 Å². The standard InChI is InChI=1S/C23H18N8O2S/c1-29(28-25)22(24)30-18-11-5-4-10-17(18)27-23(30)34-13-14-7-6-12-19(26-14)31-20(32)15-8-2-3-9-16(15)21(31)33/h2-12,24-25H,13H2,1H3. The lowest BCUT2D eigenvalue weighted by Crippen LogP contribution is -2.30. The van der Waals surface area contributed by atoms with Gasteiger partial charge in [0, 0.05) is 12.8 Å². The van der Waals surface area contributed by atoms with E-state index in [4.69, 9.17) is 10.9 Å². The van der Waals surface area contributed by atoms with Crippen molar-refractivity contribution in [2.75, 3.05) is 11.9 Å². The van der Waals surface area contributed by atoms with Crippen molar-refractivity contribution in [1.82, 2.24) is 19.5 Å². The number of anilines is 1. The predicted molar refractivity (Wildman–Crippen MR) is 127 cm³/mol. The number of fused-ring (bicyclic) bond motifs is 2. The summed E-state index contributed by atoms with van der Waals surface area (Å²) in [5, 5.41) is 13.4. The summed E-state index contributed by atoms with van der Waals surface area (Å²) in [5.41, 5.74) is 10.0. The molecule has 168 valence electrons. The first-order valence-corrected chi connectivity index (χ1v) is 11.2. The molecule has 0 unspecified atom stereocenters. The molecule has 0 fully saturated rings. The fraction of sp³-hybridized carbons (Fsp3) is 0.0870. The lowest BCUT2D eigenvalue weighted by Gasteiger charge is -2.16. The van der Waals surface area contributed by atoms with Crippen LogP contribution in [0.25, 0.3) is 11.0 Å². The molecule has 34 heavy (non-hydrogen) atoms. The topological polar surface area (TPSA) is 131 Å². The molecule has 0 saturated carbocycles. The third-order valence-corrected chi connectivity index (χ3v) is 6.33. The fourth-order valence-corrected chi connectivity index (χ4v) is 4.62. The zero-order chi connectivity index (χ0) is 23.8. The monoisotopic (exact) mass is 470 g/mol. The quantitative estimate of drug-likeness (QED) is 0.112. The number of thioether (sulfide) groups is 1. The highest BCUT2D eigenvalue weighted by Gasteiger charge is 2.37. The second-order valence-corrected chi connectivity index (χ2v) is 8.38. The Balaban J connectivity index is 1.43. The van der Waals surface area contributed by atoms with Gasteiger partial charge in [-0.05, 0) is 36.4 Å². The molecular formula is C23H18N8O2S. The van der Waals surface area contributed by atoms with Crippen LogP contribution in [0.2, 0.25) is 0 Å². The lowest BCUT2D eigenvalue weighted by molar-refractivity contribution is 0.0925. The molecular weight excluding hydrogens is 452 g/mol. The number of benzene rings is 2. The minimum atomic E-state index is -0.393. The first-order valence-electron chi connectivity index (χ1n) is 10.2. The average Bonchev–Trinajstić information content (AvgIpc) is 3.36. The van der Waals surface area contributed by atoms with Crippen molar-refractivity contribution in [3.8, 4) is 0 Å². The highest BCUT2D eigenvalue weighted by molar-refractivity contribution is 7.98. The molecule has 2 N–H and O–H groups in total. The van der Waals surface area contributed by atoms with Gasteiger partial charge in [-0.2, -0.15) is 5.53 Å². The smallest absolute Gasteiger partial charge is 0.267 e. The highest BCUT2D eigenvalue weighted by Crippen LogP contribution is 2.30. The molecule has 0 saturated heterocycles. The van der Waals surface area contributed by atoms with E-state index in [1.807, 2.05) is 24.3 Å². The van der Waals surface area contributed by atoms with Crippen molar-refractivity contribution in [3.63, 3.8) is 0 Å². The largest absolute Gasteiger partial charge is 0.268 e. The Morgan fingerprint density at radius 1 is 0.971 bits per heavy atom. The van der Waals surface area contributed by atoms with Crippen LogP contribution in [0.1, 0.15) is 26.4 Å². The summed E-state index contributed by atoms with van der Waals surface area (Å²) >= 11 is 1.35. The SMILES string of the molecule is CN(N=N)C(=N)n1c(SCc2cccc(N3C(=O)c4ccccc4C3=O)n2)nc2ccccc21. The number of imide groups is 1. The minimum Gasteiger partial charge on any atom is -0.268 e. The van der Waals surface area contributed by atoms with Crippen molar-refractivity contribution in [1.29, 1.82) is 10.9 Å². The van der Waals surface area contributed by atoms with Crippen LogP contribution >= 0.6 is 11.8 Å². The number of carbonyl (C=O) groups is 2. The molecule has 1 aliphatic heterocycles.